The molecule has 0 radical (unpaired) electrons. The number of piperazine rings is 1. The fourth-order valence-electron chi connectivity index (χ4n) is 3.71. The zero-order chi connectivity index (χ0) is 19.6. The maximum atomic E-state index is 5.84. The van der Waals surface area contributed by atoms with Gasteiger partial charge in [-0.2, -0.15) is 0 Å². The van der Waals surface area contributed by atoms with Crippen molar-refractivity contribution in [1.29, 1.82) is 0 Å². The van der Waals surface area contributed by atoms with E-state index in [1.165, 1.54) is 0 Å². The number of guanidine groups is 1. The van der Waals surface area contributed by atoms with E-state index in [4.69, 9.17) is 14.0 Å². The summed E-state index contributed by atoms with van der Waals surface area (Å²) in [7, 11) is 1.86. The summed E-state index contributed by atoms with van der Waals surface area (Å²) in [5.74, 6) is 2.53. The molecule has 1 N–H and O–H groups in total. The number of nitrogens with one attached hydrogen (secondary N) is 1. The molecule has 0 spiro atoms. The molecular formula is C20H35N5O3. The van der Waals surface area contributed by atoms with E-state index in [0.717, 1.165) is 102 Å². The molecule has 2 fully saturated rings. The standard InChI is InChI=1S/C20H35N5O3/c1-17-14-19(23-28-17)15-24-7-9-25(10-8-24)20(21-2)22-6-3-11-27-16-18-4-12-26-13-5-18/h14,18H,3-13,15-16H2,1-2H3,(H,21,22). The molecule has 2 aliphatic rings. The molecule has 0 unspecified atom stereocenters. The van der Waals surface area contributed by atoms with Crippen LogP contribution in [0.15, 0.2) is 15.6 Å². The second kappa shape index (κ2) is 11.4. The number of hydrogen-bond acceptors (Lipinski definition) is 6. The fourth-order valence-corrected chi connectivity index (χ4v) is 3.71. The molecule has 8 nitrogen and oxygen atoms in total. The van der Waals surface area contributed by atoms with Crippen molar-refractivity contribution in [3.63, 3.8) is 0 Å². The van der Waals surface area contributed by atoms with Crippen molar-refractivity contribution >= 4 is 5.96 Å². The minimum Gasteiger partial charge on any atom is -0.381 e. The molecule has 2 saturated heterocycles. The average Bonchev–Trinajstić information content (AvgIpc) is 3.14. The maximum absolute atomic E-state index is 5.84. The summed E-state index contributed by atoms with van der Waals surface area (Å²) in [4.78, 5) is 9.18. The zero-order valence-corrected chi connectivity index (χ0v) is 17.4. The Morgan fingerprint density at radius 2 is 2.07 bits per heavy atom. The Balaban J connectivity index is 1.27. The normalized spacial score (nSPS) is 19.9. The van der Waals surface area contributed by atoms with Gasteiger partial charge in [0.05, 0.1) is 5.69 Å². The molecule has 28 heavy (non-hydrogen) atoms. The minimum absolute atomic E-state index is 0.673. The van der Waals surface area contributed by atoms with Gasteiger partial charge in [-0.25, -0.2) is 0 Å². The monoisotopic (exact) mass is 393 g/mol. The quantitative estimate of drug-likeness (QED) is 0.408. The maximum Gasteiger partial charge on any atom is 0.193 e. The van der Waals surface area contributed by atoms with Gasteiger partial charge in [0.1, 0.15) is 5.76 Å². The highest BCUT2D eigenvalue weighted by Gasteiger charge is 2.20. The predicted octanol–water partition coefficient (Wildman–Crippen LogP) is 1.51. The number of hydrogen-bond donors (Lipinski definition) is 1. The van der Waals surface area contributed by atoms with Gasteiger partial charge in [0.25, 0.3) is 0 Å². The van der Waals surface area contributed by atoms with Crippen LogP contribution in [-0.2, 0) is 16.0 Å². The first-order chi connectivity index (χ1) is 13.7. The number of aliphatic imine (C=N–C) groups is 1. The molecule has 0 atom stereocenters. The summed E-state index contributed by atoms with van der Waals surface area (Å²) in [5, 5.41) is 7.57. The SMILES string of the molecule is CN=C(NCCCOCC1CCOCC1)N1CCN(Cc2cc(C)on2)CC1. The Kier molecular flexibility index (Phi) is 8.57. The number of rotatable bonds is 8. The lowest BCUT2D eigenvalue weighted by molar-refractivity contribution is 0.0203. The van der Waals surface area contributed by atoms with Crippen molar-refractivity contribution in [2.24, 2.45) is 10.9 Å². The molecule has 3 rings (SSSR count). The van der Waals surface area contributed by atoms with Crippen molar-refractivity contribution < 1.29 is 14.0 Å². The van der Waals surface area contributed by atoms with E-state index in [2.05, 4.69) is 25.3 Å². The molecule has 2 aliphatic heterocycles. The van der Waals surface area contributed by atoms with E-state index in [1.807, 2.05) is 20.0 Å². The summed E-state index contributed by atoms with van der Waals surface area (Å²) < 4.78 is 16.4. The molecular weight excluding hydrogens is 358 g/mol. The number of aromatic nitrogens is 1. The predicted molar refractivity (Wildman–Crippen MR) is 108 cm³/mol. The molecule has 1 aromatic heterocycles. The van der Waals surface area contributed by atoms with Gasteiger partial charge in [0, 0.05) is 78.8 Å². The highest BCUT2D eigenvalue weighted by atomic mass is 16.5. The fraction of sp³-hybridized carbons (Fsp3) is 0.800. The Morgan fingerprint density at radius 3 is 2.75 bits per heavy atom. The zero-order valence-electron chi connectivity index (χ0n) is 17.4. The average molecular weight is 394 g/mol. The lowest BCUT2D eigenvalue weighted by atomic mass is 10.0. The van der Waals surface area contributed by atoms with Crippen LogP contribution in [0, 0.1) is 12.8 Å². The summed E-state index contributed by atoms with van der Waals surface area (Å²) >= 11 is 0. The molecule has 158 valence electrons. The van der Waals surface area contributed by atoms with E-state index >= 15 is 0 Å². The molecule has 0 saturated carbocycles. The molecule has 3 heterocycles. The van der Waals surface area contributed by atoms with Crippen LogP contribution in [0.3, 0.4) is 0 Å². The molecule has 8 heteroatoms. The first-order valence-electron chi connectivity index (χ1n) is 10.5. The van der Waals surface area contributed by atoms with Crippen LogP contribution in [0.4, 0.5) is 0 Å². The Bertz CT molecular complexity index is 592. The number of nitrogens with zero attached hydrogens (tertiary/aromatic N) is 4. The van der Waals surface area contributed by atoms with Gasteiger partial charge in [-0.1, -0.05) is 5.16 Å². The smallest absolute Gasteiger partial charge is 0.193 e. The topological polar surface area (TPSA) is 75.4 Å². The third-order valence-corrected chi connectivity index (χ3v) is 5.39. The van der Waals surface area contributed by atoms with E-state index in [9.17, 15) is 0 Å². The number of ether oxygens (including phenoxy) is 2. The van der Waals surface area contributed by atoms with Crippen molar-refractivity contribution in [2.45, 2.75) is 32.7 Å². The van der Waals surface area contributed by atoms with Crippen molar-refractivity contribution in [2.75, 3.05) is 66.2 Å². The van der Waals surface area contributed by atoms with Gasteiger partial charge in [0.2, 0.25) is 0 Å². The van der Waals surface area contributed by atoms with Crippen LogP contribution < -0.4 is 5.32 Å². The first-order valence-corrected chi connectivity index (χ1v) is 10.5. The summed E-state index contributed by atoms with van der Waals surface area (Å²) in [6.07, 6.45) is 3.26. The molecule has 0 aliphatic carbocycles. The highest BCUT2D eigenvalue weighted by Crippen LogP contribution is 2.14. The van der Waals surface area contributed by atoms with Crippen LogP contribution in [0.25, 0.3) is 0 Å². The summed E-state index contributed by atoms with van der Waals surface area (Å²) in [5.41, 5.74) is 1.01. The van der Waals surface area contributed by atoms with Crippen molar-refractivity contribution in [3.8, 4) is 0 Å². The molecule has 0 aromatic carbocycles. The van der Waals surface area contributed by atoms with E-state index < -0.39 is 0 Å². The van der Waals surface area contributed by atoms with Crippen LogP contribution in [0.1, 0.15) is 30.7 Å². The van der Waals surface area contributed by atoms with E-state index in [-0.39, 0.29) is 0 Å². The van der Waals surface area contributed by atoms with Gasteiger partial charge >= 0.3 is 0 Å². The second-order valence-electron chi connectivity index (χ2n) is 7.65. The van der Waals surface area contributed by atoms with Crippen LogP contribution in [0.2, 0.25) is 0 Å². The Hall–Kier alpha value is -1.64. The largest absolute Gasteiger partial charge is 0.381 e. The van der Waals surface area contributed by atoms with Gasteiger partial charge in [-0.05, 0) is 32.1 Å². The van der Waals surface area contributed by atoms with Crippen LogP contribution in [-0.4, -0.2) is 87.1 Å². The molecule has 1 aromatic rings. The molecule has 0 bridgehead atoms. The lowest BCUT2D eigenvalue weighted by Gasteiger charge is -2.36. The first kappa shape index (κ1) is 21.1. The molecule has 0 amide bonds. The summed E-state index contributed by atoms with van der Waals surface area (Å²) in [6, 6.07) is 2.01. The van der Waals surface area contributed by atoms with E-state index in [1.54, 1.807) is 0 Å². The van der Waals surface area contributed by atoms with Crippen molar-refractivity contribution in [1.82, 2.24) is 20.3 Å². The van der Waals surface area contributed by atoms with Gasteiger partial charge < -0.3 is 24.2 Å². The highest BCUT2D eigenvalue weighted by molar-refractivity contribution is 5.79. The van der Waals surface area contributed by atoms with Crippen LogP contribution in [0.5, 0.6) is 0 Å². The van der Waals surface area contributed by atoms with Gasteiger partial charge in [-0.15, -0.1) is 0 Å². The number of aryl methyl sites for hydroxylation is 1. The van der Waals surface area contributed by atoms with Crippen LogP contribution >= 0.6 is 0 Å². The Morgan fingerprint density at radius 1 is 1.29 bits per heavy atom. The van der Waals surface area contributed by atoms with Gasteiger partial charge in [0.15, 0.2) is 5.96 Å². The third kappa shape index (κ3) is 6.76. The van der Waals surface area contributed by atoms with Gasteiger partial charge in [-0.3, -0.25) is 9.89 Å². The summed E-state index contributed by atoms with van der Waals surface area (Å²) in [6.45, 7) is 11.0. The third-order valence-electron chi connectivity index (χ3n) is 5.39. The Labute approximate surface area is 168 Å². The van der Waals surface area contributed by atoms with E-state index in [0.29, 0.717) is 5.92 Å². The second-order valence-corrected chi connectivity index (χ2v) is 7.65. The lowest BCUT2D eigenvalue weighted by Crippen LogP contribution is -2.52. The van der Waals surface area contributed by atoms with Crippen molar-refractivity contribution in [3.05, 3.63) is 17.5 Å². The minimum atomic E-state index is 0.673.